The third-order valence-electron chi connectivity index (χ3n) is 3.09. The van der Waals surface area contributed by atoms with Gasteiger partial charge >= 0.3 is 0 Å². The highest BCUT2D eigenvalue weighted by molar-refractivity contribution is 5.42. The average molecular weight is 282 g/mol. The van der Waals surface area contributed by atoms with Crippen LogP contribution in [0.2, 0.25) is 0 Å². The van der Waals surface area contributed by atoms with Crippen molar-refractivity contribution in [2.45, 2.75) is 26.3 Å². The van der Waals surface area contributed by atoms with Gasteiger partial charge in [-0.1, -0.05) is 6.92 Å². The number of hydrogen-bond acceptors (Lipinski definition) is 5. The minimum atomic E-state index is -0.422. The molecule has 20 heavy (non-hydrogen) atoms. The molecule has 1 atom stereocenters. The minimum Gasteiger partial charge on any atom is -0.496 e. The molecule has 6 nitrogen and oxygen atoms in total. The van der Waals surface area contributed by atoms with Gasteiger partial charge in [-0.05, 0) is 36.9 Å². The number of aliphatic hydroxyl groups is 1. The molecule has 1 aromatic carbocycles. The zero-order chi connectivity index (χ0) is 15.0. The second-order valence-electron chi connectivity index (χ2n) is 4.90. The maximum atomic E-state index is 10.8. The number of nitro groups is 1. The molecule has 0 aromatic heterocycles. The number of non-ortho nitro benzene ring substituents is 1. The van der Waals surface area contributed by atoms with E-state index >= 15 is 0 Å². The van der Waals surface area contributed by atoms with E-state index in [0.717, 1.165) is 24.9 Å². The number of methoxy groups -OCH3 is 1. The van der Waals surface area contributed by atoms with Crippen molar-refractivity contribution in [2.24, 2.45) is 5.92 Å². The van der Waals surface area contributed by atoms with E-state index in [0.29, 0.717) is 18.2 Å². The number of nitrogens with zero attached hydrogens (tertiary/aromatic N) is 1. The number of nitrogens with one attached hydrogen (secondary N) is 1. The molecule has 0 aliphatic carbocycles. The van der Waals surface area contributed by atoms with E-state index in [9.17, 15) is 10.1 Å². The summed E-state index contributed by atoms with van der Waals surface area (Å²) in [6.07, 6.45) is 1.93. The van der Waals surface area contributed by atoms with Gasteiger partial charge in [-0.15, -0.1) is 0 Å². The summed E-state index contributed by atoms with van der Waals surface area (Å²) >= 11 is 0. The van der Waals surface area contributed by atoms with Crippen molar-refractivity contribution >= 4 is 5.69 Å². The molecule has 2 N–H and O–H groups in total. The van der Waals surface area contributed by atoms with Crippen LogP contribution in [0.15, 0.2) is 18.2 Å². The molecule has 0 aliphatic heterocycles. The van der Waals surface area contributed by atoms with Gasteiger partial charge < -0.3 is 15.2 Å². The molecule has 0 saturated carbocycles. The largest absolute Gasteiger partial charge is 0.496 e. The van der Waals surface area contributed by atoms with Crippen molar-refractivity contribution in [3.63, 3.8) is 0 Å². The summed E-state index contributed by atoms with van der Waals surface area (Å²) in [6, 6.07) is 4.74. The van der Waals surface area contributed by atoms with Gasteiger partial charge in [0.05, 0.1) is 18.1 Å². The molecule has 0 spiro atoms. The highest BCUT2D eigenvalue weighted by atomic mass is 16.6. The molecule has 0 radical (unpaired) electrons. The van der Waals surface area contributed by atoms with E-state index in [1.54, 1.807) is 12.1 Å². The van der Waals surface area contributed by atoms with Crippen LogP contribution in [0.1, 0.15) is 25.3 Å². The van der Waals surface area contributed by atoms with Crippen molar-refractivity contribution in [3.8, 4) is 5.75 Å². The van der Waals surface area contributed by atoms with Gasteiger partial charge in [-0.25, -0.2) is 0 Å². The van der Waals surface area contributed by atoms with Crippen LogP contribution in [0.3, 0.4) is 0 Å². The van der Waals surface area contributed by atoms with Crippen LogP contribution in [0, 0.1) is 16.0 Å². The fourth-order valence-corrected chi connectivity index (χ4v) is 1.87. The van der Waals surface area contributed by atoms with E-state index < -0.39 is 4.92 Å². The van der Waals surface area contributed by atoms with Crippen LogP contribution in [0.4, 0.5) is 5.69 Å². The zero-order valence-electron chi connectivity index (χ0n) is 12.0. The Kier molecular flexibility index (Phi) is 6.97. The van der Waals surface area contributed by atoms with Crippen LogP contribution < -0.4 is 10.1 Å². The summed E-state index contributed by atoms with van der Waals surface area (Å²) < 4.78 is 5.06. The van der Waals surface area contributed by atoms with Gasteiger partial charge in [0.2, 0.25) is 0 Å². The molecular formula is C14H22N2O4. The van der Waals surface area contributed by atoms with E-state index in [2.05, 4.69) is 5.32 Å². The summed E-state index contributed by atoms with van der Waals surface area (Å²) in [6.45, 7) is 3.59. The Balaban J connectivity index is 2.47. The Bertz CT molecular complexity index is 437. The highest BCUT2D eigenvalue weighted by Crippen LogP contribution is 2.22. The molecule has 1 aromatic rings. The molecular weight excluding hydrogens is 260 g/mol. The van der Waals surface area contributed by atoms with E-state index in [1.807, 2.05) is 6.92 Å². The molecule has 112 valence electrons. The second-order valence-corrected chi connectivity index (χ2v) is 4.90. The highest BCUT2D eigenvalue weighted by Gasteiger charge is 2.10. The Morgan fingerprint density at radius 3 is 2.80 bits per heavy atom. The lowest BCUT2D eigenvalue weighted by atomic mass is 10.1. The smallest absolute Gasteiger partial charge is 0.273 e. The number of rotatable bonds is 9. The molecule has 0 amide bonds. The van der Waals surface area contributed by atoms with Crippen molar-refractivity contribution in [3.05, 3.63) is 33.9 Å². The lowest BCUT2D eigenvalue weighted by Crippen LogP contribution is -2.16. The van der Waals surface area contributed by atoms with E-state index in [4.69, 9.17) is 9.84 Å². The fourth-order valence-electron chi connectivity index (χ4n) is 1.87. The first kappa shape index (κ1) is 16.4. The predicted octanol–water partition coefficient (Wildman–Crippen LogP) is 2.10. The third-order valence-corrected chi connectivity index (χ3v) is 3.09. The summed E-state index contributed by atoms with van der Waals surface area (Å²) in [7, 11) is 1.49. The number of hydrogen-bond donors (Lipinski definition) is 2. The first-order valence-electron chi connectivity index (χ1n) is 6.70. The second kappa shape index (κ2) is 8.50. The standard InChI is InChI=1S/C14H22N2O4/c1-11(10-17)4-3-5-15-9-12-6-13(16(18)19)8-14(7-12)20-2/h6-8,11,15,17H,3-5,9-10H2,1-2H3. The molecule has 0 bridgehead atoms. The van der Waals surface area contributed by atoms with Crippen LogP contribution in [-0.4, -0.2) is 30.3 Å². The van der Waals surface area contributed by atoms with Crippen molar-refractivity contribution in [2.75, 3.05) is 20.3 Å². The minimum absolute atomic E-state index is 0.0371. The lowest BCUT2D eigenvalue weighted by Gasteiger charge is -2.09. The van der Waals surface area contributed by atoms with Crippen LogP contribution in [-0.2, 0) is 6.54 Å². The van der Waals surface area contributed by atoms with Gasteiger partial charge in [0.25, 0.3) is 5.69 Å². The predicted molar refractivity (Wildman–Crippen MR) is 76.8 cm³/mol. The number of aliphatic hydroxyl groups excluding tert-OH is 1. The van der Waals surface area contributed by atoms with Crippen molar-refractivity contribution in [1.29, 1.82) is 0 Å². The molecule has 1 unspecified atom stereocenters. The van der Waals surface area contributed by atoms with Crippen LogP contribution >= 0.6 is 0 Å². The van der Waals surface area contributed by atoms with Gasteiger partial charge in [0.1, 0.15) is 5.75 Å². The van der Waals surface area contributed by atoms with Gasteiger partial charge in [0.15, 0.2) is 0 Å². The topological polar surface area (TPSA) is 84.6 Å². The Labute approximate surface area is 118 Å². The quantitative estimate of drug-likeness (QED) is 0.411. The van der Waals surface area contributed by atoms with E-state index in [1.165, 1.54) is 13.2 Å². The Morgan fingerprint density at radius 2 is 2.20 bits per heavy atom. The summed E-state index contributed by atoms with van der Waals surface area (Å²) in [4.78, 5) is 10.4. The molecule has 6 heteroatoms. The number of nitro benzene ring substituents is 1. The summed E-state index contributed by atoms with van der Waals surface area (Å²) in [5.74, 6) is 0.805. The monoisotopic (exact) mass is 282 g/mol. The van der Waals surface area contributed by atoms with E-state index in [-0.39, 0.29) is 12.3 Å². The number of ether oxygens (including phenoxy) is 1. The van der Waals surface area contributed by atoms with Gasteiger partial charge in [-0.3, -0.25) is 10.1 Å². The SMILES string of the molecule is COc1cc(CNCCCC(C)CO)cc([N+](=O)[O-])c1. The lowest BCUT2D eigenvalue weighted by molar-refractivity contribution is -0.385. The molecule has 0 fully saturated rings. The third kappa shape index (κ3) is 5.54. The van der Waals surface area contributed by atoms with Crippen molar-refractivity contribution in [1.82, 2.24) is 5.32 Å². The summed E-state index contributed by atoms with van der Waals surface area (Å²) in [5, 5.41) is 23.0. The molecule has 0 aliphatic rings. The van der Waals surface area contributed by atoms with Gasteiger partial charge in [0, 0.05) is 19.2 Å². The Morgan fingerprint density at radius 1 is 1.45 bits per heavy atom. The Hall–Kier alpha value is -1.66. The maximum Gasteiger partial charge on any atom is 0.273 e. The summed E-state index contributed by atoms with van der Waals surface area (Å²) in [5.41, 5.74) is 0.862. The maximum absolute atomic E-state index is 10.8. The molecule has 0 heterocycles. The average Bonchev–Trinajstić information content (AvgIpc) is 2.46. The fraction of sp³-hybridized carbons (Fsp3) is 0.571. The van der Waals surface area contributed by atoms with Crippen molar-refractivity contribution < 1.29 is 14.8 Å². The van der Waals surface area contributed by atoms with Crippen LogP contribution in [0.5, 0.6) is 5.75 Å². The zero-order valence-corrected chi connectivity index (χ0v) is 12.0. The number of benzene rings is 1. The van der Waals surface area contributed by atoms with Crippen LogP contribution in [0.25, 0.3) is 0 Å². The molecule has 0 saturated heterocycles. The first-order chi connectivity index (χ1) is 9.56. The van der Waals surface area contributed by atoms with Gasteiger partial charge in [-0.2, -0.15) is 0 Å². The first-order valence-corrected chi connectivity index (χ1v) is 6.70. The normalized spacial score (nSPS) is 12.2. The molecule has 1 rings (SSSR count).